The third kappa shape index (κ3) is 3.23. The zero-order valence-electron chi connectivity index (χ0n) is 9.15. The zero-order valence-corrected chi connectivity index (χ0v) is 9.15. The summed E-state index contributed by atoms with van der Waals surface area (Å²) in [7, 11) is 0. The van der Waals surface area contributed by atoms with Crippen LogP contribution >= 0.6 is 0 Å². The fourth-order valence-corrected chi connectivity index (χ4v) is 2.19. The van der Waals surface area contributed by atoms with E-state index in [0.717, 1.165) is 25.6 Å². The molecular weight excluding hydrogens is 176 g/mol. The van der Waals surface area contributed by atoms with E-state index >= 15 is 0 Å². The van der Waals surface area contributed by atoms with E-state index in [1.165, 1.54) is 32.5 Å². The van der Waals surface area contributed by atoms with E-state index in [9.17, 15) is 5.11 Å². The quantitative estimate of drug-likeness (QED) is 0.708. The van der Waals surface area contributed by atoms with Gasteiger partial charge in [-0.1, -0.05) is 0 Å². The average molecular weight is 198 g/mol. The van der Waals surface area contributed by atoms with Crippen LogP contribution in [0.4, 0.5) is 0 Å². The van der Waals surface area contributed by atoms with Gasteiger partial charge in [-0.05, 0) is 25.7 Å². The first-order valence-electron chi connectivity index (χ1n) is 5.87. The standard InChI is InChI=1S/C11H22N2O/c1-10(14)8-12-4-6-13(7-5-12)9-11-2-3-11/h10-11,14H,2-9H2,1H3. The Morgan fingerprint density at radius 2 is 1.71 bits per heavy atom. The van der Waals surface area contributed by atoms with Crippen molar-refractivity contribution in [2.24, 2.45) is 5.92 Å². The van der Waals surface area contributed by atoms with Gasteiger partial charge < -0.3 is 10.0 Å². The minimum Gasteiger partial charge on any atom is -0.392 e. The van der Waals surface area contributed by atoms with Gasteiger partial charge in [0.05, 0.1) is 6.10 Å². The van der Waals surface area contributed by atoms with Crippen LogP contribution in [-0.4, -0.2) is 60.3 Å². The first-order valence-corrected chi connectivity index (χ1v) is 5.87. The van der Waals surface area contributed by atoms with Crippen molar-refractivity contribution < 1.29 is 5.11 Å². The fourth-order valence-electron chi connectivity index (χ4n) is 2.19. The lowest BCUT2D eigenvalue weighted by molar-refractivity contribution is 0.0791. The smallest absolute Gasteiger partial charge is 0.0639 e. The van der Waals surface area contributed by atoms with E-state index in [0.29, 0.717) is 0 Å². The molecule has 82 valence electrons. The highest BCUT2D eigenvalue weighted by Crippen LogP contribution is 2.29. The summed E-state index contributed by atoms with van der Waals surface area (Å²) in [6.07, 6.45) is 2.73. The van der Waals surface area contributed by atoms with Gasteiger partial charge in [-0.25, -0.2) is 0 Å². The van der Waals surface area contributed by atoms with E-state index in [1.807, 2.05) is 6.92 Å². The van der Waals surface area contributed by atoms with Gasteiger partial charge in [-0.3, -0.25) is 4.90 Å². The molecule has 1 N–H and O–H groups in total. The molecule has 0 aromatic heterocycles. The third-order valence-corrected chi connectivity index (χ3v) is 3.20. The molecule has 0 radical (unpaired) electrons. The van der Waals surface area contributed by atoms with Crippen LogP contribution in [0.1, 0.15) is 19.8 Å². The molecule has 3 nitrogen and oxygen atoms in total. The topological polar surface area (TPSA) is 26.7 Å². The Hall–Kier alpha value is -0.120. The predicted octanol–water partition coefficient (Wildman–Crippen LogP) is 0.395. The second kappa shape index (κ2) is 4.60. The molecule has 1 saturated carbocycles. The van der Waals surface area contributed by atoms with Gasteiger partial charge in [-0.2, -0.15) is 0 Å². The van der Waals surface area contributed by atoms with Crippen LogP contribution in [-0.2, 0) is 0 Å². The van der Waals surface area contributed by atoms with E-state index in [2.05, 4.69) is 9.80 Å². The van der Waals surface area contributed by atoms with Crippen LogP contribution in [0.5, 0.6) is 0 Å². The number of aliphatic hydroxyl groups excluding tert-OH is 1. The molecule has 14 heavy (non-hydrogen) atoms. The lowest BCUT2D eigenvalue weighted by atomic mass is 10.2. The summed E-state index contributed by atoms with van der Waals surface area (Å²) < 4.78 is 0. The Bertz CT molecular complexity index is 160. The summed E-state index contributed by atoms with van der Waals surface area (Å²) in [6.45, 7) is 8.71. The van der Waals surface area contributed by atoms with Crippen molar-refractivity contribution in [3.8, 4) is 0 Å². The van der Waals surface area contributed by atoms with E-state index in [1.54, 1.807) is 0 Å². The second-order valence-electron chi connectivity index (χ2n) is 4.89. The molecule has 3 heteroatoms. The van der Waals surface area contributed by atoms with Crippen molar-refractivity contribution in [1.82, 2.24) is 9.80 Å². The van der Waals surface area contributed by atoms with Crippen LogP contribution < -0.4 is 0 Å². The minimum absolute atomic E-state index is 0.176. The van der Waals surface area contributed by atoms with Crippen molar-refractivity contribution in [2.75, 3.05) is 39.3 Å². The Balaban J connectivity index is 1.63. The highest BCUT2D eigenvalue weighted by Gasteiger charge is 2.26. The van der Waals surface area contributed by atoms with Crippen molar-refractivity contribution in [2.45, 2.75) is 25.9 Å². The molecule has 0 aromatic rings. The minimum atomic E-state index is -0.176. The van der Waals surface area contributed by atoms with Gasteiger partial charge >= 0.3 is 0 Å². The Morgan fingerprint density at radius 1 is 1.14 bits per heavy atom. The SMILES string of the molecule is CC(O)CN1CCN(CC2CC2)CC1. The van der Waals surface area contributed by atoms with Gasteiger partial charge in [0, 0.05) is 39.3 Å². The molecule has 0 aromatic carbocycles. The van der Waals surface area contributed by atoms with E-state index in [4.69, 9.17) is 0 Å². The number of aliphatic hydroxyl groups is 1. The monoisotopic (exact) mass is 198 g/mol. The van der Waals surface area contributed by atoms with Gasteiger partial charge in [0.2, 0.25) is 0 Å². The summed E-state index contributed by atoms with van der Waals surface area (Å²) in [5.74, 6) is 1.01. The molecule has 0 amide bonds. The molecule has 1 aliphatic heterocycles. The van der Waals surface area contributed by atoms with Crippen LogP contribution in [0, 0.1) is 5.92 Å². The van der Waals surface area contributed by atoms with Crippen molar-refractivity contribution >= 4 is 0 Å². The summed E-state index contributed by atoms with van der Waals surface area (Å²) in [5.41, 5.74) is 0. The maximum Gasteiger partial charge on any atom is 0.0639 e. The van der Waals surface area contributed by atoms with Gasteiger partial charge in [0.15, 0.2) is 0 Å². The van der Waals surface area contributed by atoms with Gasteiger partial charge in [-0.15, -0.1) is 0 Å². The number of nitrogens with zero attached hydrogens (tertiary/aromatic N) is 2. The summed E-state index contributed by atoms with van der Waals surface area (Å²) in [5, 5.41) is 9.27. The summed E-state index contributed by atoms with van der Waals surface area (Å²) >= 11 is 0. The Kier molecular flexibility index (Phi) is 3.42. The number of rotatable bonds is 4. The van der Waals surface area contributed by atoms with Crippen molar-refractivity contribution in [3.63, 3.8) is 0 Å². The van der Waals surface area contributed by atoms with Crippen molar-refractivity contribution in [1.29, 1.82) is 0 Å². The first kappa shape index (κ1) is 10.4. The number of piperazine rings is 1. The fraction of sp³-hybridized carbons (Fsp3) is 1.00. The Morgan fingerprint density at radius 3 is 2.21 bits per heavy atom. The molecule has 1 atom stereocenters. The average Bonchev–Trinajstić information content (AvgIpc) is 2.91. The molecule has 1 aliphatic carbocycles. The van der Waals surface area contributed by atoms with Crippen LogP contribution in [0.2, 0.25) is 0 Å². The highest BCUT2D eigenvalue weighted by molar-refractivity contribution is 4.80. The largest absolute Gasteiger partial charge is 0.392 e. The third-order valence-electron chi connectivity index (χ3n) is 3.20. The molecule has 2 rings (SSSR count). The number of β-amino-alcohol motifs (C(OH)–C–C–N with tert-alkyl or cyclic N) is 1. The highest BCUT2D eigenvalue weighted by atomic mass is 16.3. The van der Waals surface area contributed by atoms with Gasteiger partial charge in [0.1, 0.15) is 0 Å². The molecule has 0 spiro atoms. The molecule has 2 aliphatic rings. The molecule has 2 fully saturated rings. The molecule has 1 saturated heterocycles. The van der Waals surface area contributed by atoms with Crippen LogP contribution in [0.25, 0.3) is 0 Å². The summed E-state index contributed by atoms with van der Waals surface area (Å²) in [6, 6.07) is 0. The normalized spacial score (nSPS) is 27.9. The van der Waals surface area contributed by atoms with E-state index in [-0.39, 0.29) is 6.10 Å². The molecule has 1 heterocycles. The Labute approximate surface area is 86.7 Å². The maximum atomic E-state index is 9.27. The lowest BCUT2D eigenvalue weighted by Gasteiger charge is -2.35. The van der Waals surface area contributed by atoms with Crippen molar-refractivity contribution in [3.05, 3.63) is 0 Å². The summed E-state index contributed by atoms with van der Waals surface area (Å²) in [4.78, 5) is 4.95. The molecule has 0 bridgehead atoms. The number of hydrogen-bond donors (Lipinski definition) is 1. The maximum absolute atomic E-state index is 9.27. The first-order chi connectivity index (χ1) is 6.74. The van der Waals surface area contributed by atoms with Crippen LogP contribution in [0.15, 0.2) is 0 Å². The zero-order chi connectivity index (χ0) is 9.97. The molecular formula is C11H22N2O. The van der Waals surface area contributed by atoms with Gasteiger partial charge in [0.25, 0.3) is 0 Å². The van der Waals surface area contributed by atoms with E-state index < -0.39 is 0 Å². The predicted molar refractivity (Wildman–Crippen MR) is 57.3 cm³/mol. The lowest BCUT2D eigenvalue weighted by Crippen LogP contribution is -2.48. The molecule has 1 unspecified atom stereocenters. The number of hydrogen-bond acceptors (Lipinski definition) is 3. The van der Waals surface area contributed by atoms with Crippen LogP contribution in [0.3, 0.4) is 0 Å². The second-order valence-corrected chi connectivity index (χ2v) is 4.89.